The zero-order valence-corrected chi connectivity index (χ0v) is 20.4. The van der Waals surface area contributed by atoms with Gasteiger partial charge in [-0.15, -0.1) is 0 Å². The summed E-state index contributed by atoms with van der Waals surface area (Å²) in [4.78, 5) is 13.6. The Kier molecular flexibility index (Phi) is 5.83. The van der Waals surface area contributed by atoms with E-state index in [4.69, 9.17) is 5.10 Å². The Labute approximate surface area is 214 Å². The van der Waals surface area contributed by atoms with Crippen molar-refractivity contribution in [1.82, 2.24) is 19.6 Å². The van der Waals surface area contributed by atoms with Crippen LogP contribution in [0.25, 0.3) is 27.7 Å². The summed E-state index contributed by atoms with van der Waals surface area (Å²) in [6.45, 7) is 2.53. The molecule has 6 aromatic rings. The number of nitrogens with zero attached hydrogens (tertiary/aromatic N) is 4. The molecule has 0 bridgehead atoms. The fourth-order valence-electron chi connectivity index (χ4n) is 4.69. The first kappa shape index (κ1) is 22.5. The Morgan fingerprint density at radius 2 is 1.49 bits per heavy atom. The number of hydrogen-bond donors (Lipinski definition) is 1. The van der Waals surface area contributed by atoms with Gasteiger partial charge < -0.3 is 5.32 Å². The molecule has 6 heteroatoms. The molecular weight excluding hydrogens is 458 g/mol. The number of para-hydroxylation sites is 1. The molecule has 4 aromatic carbocycles. The topological polar surface area (TPSA) is 64.7 Å². The minimum atomic E-state index is -0.242. The molecular formula is C31H25N5O. The van der Waals surface area contributed by atoms with Crippen LogP contribution in [0, 0.1) is 6.92 Å². The van der Waals surface area contributed by atoms with Crippen LogP contribution in [-0.4, -0.2) is 25.5 Å². The Morgan fingerprint density at radius 3 is 2.30 bits per heavy atom. The zero-order chi connectivity index (χ0) is 25.2. The first-order valence-electron chi connectivity index (χ1n) is 12.2. The summed E-state index contributed by atoms with van der Waals surface area (Å²) >= 11 is 0. The van der Waals surface area contributed by atoms with E-state index in [1.165, 1.54) is 16.3 Å². The Balaban J connectivity index is 1.31. The normalized spacial score (nSPS) is 11.1. The molecule has 0 aliphatic heterocycles. The van der Waals surface area contributed by atoms with Crippen molar-refractivity contribution in [3.8, 4) is 16.9 Å². The number of carbonyl (C=O) groups excluding carboxylic acids is 1. The van der Waals surface area contributed by atoms with Crippen molar-refractivity contribution < 1.29 is 4.79 Å². The monoisotopic (exact) mass is 483 g/mol. The van der Waals surface area contributed by atoms with E-state index in [1.807, 2.05) is 101 Å². The number of amides is 1. The second-order valence-corrected chi connectivity index (χ2v) is 8.91. The first-order chi connectivity index (χ1) is 18.2. The van der Waals surface area contributed by atoms with E-state index >= 15 is 0 Å². The van der Waals surface area contributed by atoms with Gasteiger partial charge in [-0.05, 0) is 35.4 Å². The second kappa shape index (κ2) is 9.59. The van der Waals surface area contributed by atoms with E-state index in [0.29, 0.717) is 23.6 Å². The molecule has 0 unspecified atom stereocenters. The van der Waals surface area contributed by atoms with Crippen molar-refractivity contribution in [1.29, 1.82) is 0 Å². The summed E-state index contributed by atoms with van der Waals surface area (Å²) in [6.07, 6.45) is 1.88. The number of anilines is 1. The molecule has 37 heavy (non-hydrogen) atoms. The van der Waals surface area contributed by atoms with Gasteiger partial charge in [0.15, 0.2) is 5.82 Å². The maximum absolute atomic E-state index is 13.6. The smallest absolute Gasteiger partial charge is 0.261 e. The molecule has 180 valence electrons. The lowest BCUT2D eigenvalue weighted by Gasteiger charge is -2.07. The number of hydrogen-bond acceptors (Lipinski definition) is 3. The molecule has 0 saturated heterocycles. The Hall–Kier alpha value is -4.97. The van der Waals surface area contributed by atoms with Crippen molar-refractivity contribution in [3.63, 3.8) is 0 Å². The second-order valence-electron chi connectivity index (χ2n) is 8.91. The van der Waals surface area contributed by atoms with Gasteiger partial charge in [-0.1, -0.05) is 91.0 Å². The number of rotatable bonds is 6. The first-order valence-corrected chi connectivity index (χ1v) is 12.2. The van der Waals surface area contributed by atoms with Crippen LogP contribution < -0.4 is 5.32 Å². The summed E-state index contributed by atoms with van der Waals surface area (Å²) in [6, 6.07) is 36.0. The van der Waals surface area contributed by atoms with Crippen LogP contribution in [-0.2, 0) is 6.54 Å². The zero-order valence-electron chi connectivity index (χ0n) is 20.4. The van der Waals surface area contributed by atoms with Crippen molar-refractivity contribution >= 4 is 22.5 Å². The molecule has 0 aliphatic rings. The van der Waals surface area contributed by atoms with Crippen LogP contribution in [0.3, 0.4) is 0 Å². The third-order valence-corrected chi connectivity index (χ3v) is 6.49. The third kappa shape index (κ3) is 4.41. The van der Waals surface area contributed by atoms with Crippen molar-refractivity contribution in [2.24, 2.45) is 0 Å². The van der Waals surface area contributed by atoms with Gasteiger partial charge in [0, 0.05) is 17.8 Å². The van der Waals surface area contributed by atoms with E-state index in [-0.39, 0.29) is 5.91 Å². The van der Waals surface area contributed by atoms with Gasteiger partial charge in [0.05, 0.1) is 23.5 Å². The van der Waals surface area contributed by atoms with Crippen molar-refractivity contribution in [2.45, 2.75) is 13.5 Å². The van der Waals surface area contributed by atoms with Gasteiger partial charge in [-0.3, -0.25) is 9.48 Å². The average Bonchev–Trinajstić information content (AvgIpc) is 3.53. The Morgan fingerprint density at radius 1 is 0.784 bits per heavy atom. The Bertz CT molecular complexity index is 1700. The highest BCUT2D eigenvalue weighted by Crippen LogP contribution is 2.28. The fraction of sp³-hybridized carbons (Fsp3) is 0.0645. The fourth-order valence-corrected chi connectivity index (χ4v) is 4.69. The molecule has 1 amide bonds. The van der Waals surface area contributed by atoms with Crippen LogP contribution in [0.1, 0.15) is 21.6 Å². The van der Waals surface area contributed by atoms with E-state index in [2.05, 4.69) is 40.7 Å². The van der Waals surface area contributed by atoms with Gasteiger partial charge in [0.1, 0.15) is 5.69 Å². The number of benzene rings is 4. The van der Waals surface area contributed by atoms with Gasteiger partial charge in [0.25, 0.3) is 5.91 Å². The molecule has 0 spiro atoms. The van der Waals surface area contributed by atoms with Gasteiger partial charge >= 0.3 is 0 Å². The van der Waals surface area contributed by atoms with Crippen LogP contribution in [0.4, 0.5) is 5.82 Å². The van der Waals surface area contributed by atoms with Gasteiger partial charge in [-0.2, -0.15) is 10.2 Å². The molecule has 1 N–H and O–H groups in total. The number of carbonyl (C=O) groups is 1. The van der Waals surface area contributed by atoms with Crippen LogP contribution in [0.2, 0.25) is 0 Å². The lowest BCUT2D eigenvalue weighted by molar-refractivity contribution is 0.102. The average molecular weight is 484 g/mol. The van der Waals surface area contributed by atoms with Crippen molar-refractivity contribution in [2.75, 3.05) is 5.32 Å². The maximum atomic E-state index is 13.6. The highest BCUT2D eigenvalue weighted by atomic mass is 16.1. The van der Waals surface area contributed by atoms with Crippen LogP contribution in [0.15, 0.2) is 115 Å². The van der Waals surface area contributed by atoms with E-state index in [0.717, 1.165) is 16.9 Å². The molecule has 0 radical (unpaired) electrons. The number of nitrogens with one attached hydrogen (secondary N) is 1. The lowest BCUT2D eigenvalue weighted by atomic mass is 10.0. The standard InChI is InChI=1S/C31H25N5O/c1-22-29(30(24-12-4-2-5-13-24)34-36(22)26-16-6-3-7-17-26)31(37)32-28-19-20-35(33-28)21-25-15-10-14-23-11-8-9-18-27(23)25/h2-20H,21H2,1H3,(H,32,33,37). The highest BCUT2D eigenvalue weighted by Gasteiger charge is 2.23. The minimum absolute atomic E-state index is 0.242. The number of fused-ring (bicyclic) bond motifs is 1. The van der Waals surface area contributed by atoms with E-state index in [9.17, 15) is 4.79 Å². The van der Waals surface area contributed by atoms with Crippen LogP contribution in [0.5, 0.6) is 0 Å². The molecule has 2 heterocycles. The molecule has 0 atom stereocenters. The van der Waals surface area contributed by atoms with Gasteiger partial charge in [0.2, 0.25) is 0 Å². The molecule has 6 nitrogen and oxygen atoms in total. The lowest BCUT2D eigenvalue weighted by Crippen LogP contribution is -2.15. The quantitative estimate of drug-likeness (QED) is 0.294. The minimum Gasteiger partial charge on any atom is -0.305 e. The largest absolute Gasteiger partial charge is 0.305 e. The molecule has 0 saturated carbocycles. The molecule has 2 aromatic heterocycles. The predicted molar refractivity (Wildman–Crippen MR) is 147 cm³/mol. The molecule has 0 aliphatic carbocycles. The van der Waals surface area contributed by atoms with Crippen LogP contribution >= 0.6 is 0 Å². The summed E-state index contributed by atoms with van der Waals surface area (Å²) in [5, 5.41) is 14.8. The summed E-state index contributed by atoms with van der Waals surface area (Å²) in [7, 11) is 0. The third-order valence-electron chi connectivity index (χ3n) is 6.49. The highest BCUT2D eigenvalue weighted by molar-refractivity contribution is 6.08. The summed E-state index contributed by atoms with van der Waals surface area (Å²) in [5.74, 6) is 0.255. The SMILES string of the molecule is Cc1c(C(=O)Nc2ccn(Cc3cccc4ccccc34)n2)c(-c2ccccc2)nn1-c1ccccc1. The summed E-state index contributed by atoms with van der Waals surface area (Å²) in [5.41, 5.74) is 4.87. The predicted octanol–water partition coefficient (Wildman–Crippen LogP) is 6.50. The summed E-state index contributed by atoms with van der Waals surface area (Å²) < 4.78 is 3.66. The number of aromatic nitrogens is 4. The van der Waals surface area contributed by atoms with E-state index in [1.54, 1.807) is 0 Å². The van der Waals surface area contributed by atoms with Crippen molar-refractivity contribution in [3.05, 3.63) is 132 Å². The van der Waals surface area contributed by atoms with E-state index < -0.39 is 0 Å². The molecule has 0 fully saturated rings. The maximum Gasteiger partial charge on any atom is 0.261 e. The van der Waals surface area contributed by atoms with Gasteiger partial charge in [-0.25, -0.2) is 4.68 Å². The molecule has 6 rings (SSSR count).